The van der Waals surface area contributed by atoms with Crippen molar-refractivity contribution in [1.82, 2.24) is 0 Å². The van der Waals surface area contributed by atoms with Crippen LogP contribution in [-0.4, -0.2) is 31.0 Å². The Morgan fingerprint density at radius 3 is 2.24 bits per heavy atom. The lowest BCUT2D eigenvalue weighted by Gasteiger charge is -2.12. The minimum Gasteiger partial charge on any atom is -0.491 e. The highest BCUT2D eigenvalue weighted by Gasteiger charge is 2.05. The molecule has 0 fully saturated rings. The van der Waals surface area contributed by atoms with E-state index in [2.05, 4.69) is 12.1 Å². The Hall–Kier alpha value is -1.84. The zero-order chi connectivity index (χ0) is 14.8. The summed E-state index contributed by atoms with van der Waals surface area (Å²) in [6.07, 6.45) is 1.36. The molecular weight excluding hydrogens is 264 g/mol. The lowest BCUT2D eigenvalue weighted by Crippen LogP contribution is -2.23. The Morgan fingerprint density at radius 2 is 1.52 bits per heavy atom. The van der Waals surface area contributed by atoms with Crippen molar-refractivity contribution in [3.05, 3.63) is 66.2 Å². The van der Waals surface area contributed by atoms with E-state index in [-0.39, 0.29) is 6.61 Å². The normalized spacial score (nSPS) is 12.0. The molecule has 1 atom stereocenters. The van der Waals surface area contributed by atoms with Gasteiger partial charge in [0.15, 0.2) is 0 Å². The van der Waals surface area contributed by atoms with Gasteiger partial charge in [-0.25, -0.2) is 0 Å². The topological polar surface area (TPSA) is 38.7 Å². The molecule has 0 saturated heterocycles. The summed E-state index contributed by atoms with van der Waals surface area (Å²) in [6.45, 7) is 1.21. The van der Waals surface area contributed by atoms with Gasteiger partial charge in [0.25, 0.3) is 0 Å². The third kappa shape index (κ3) is 6.43. The fourth-order valence-electron chi connectivity index (χ4n) is 2.00. The van der Waals surface area contributed by atoms with Crippen LogP contribution in [-0.2, 0) is 11.2 Å². The maximum atomic E-state index is 9.78. The maximum Gasteiger partial charge on any atom is 0.119 e. The van der Waals surface area contributed by atoms with E-state index in [0.717, 1.165) is 18.6 Å². The number of para-hydroxylation sites is 1. The molecule has 0 aliphatic rings. The number of ether oxygens (including phenoxy) is 2. The van der Waals surface area contributed by atoms with Crippen LogP contribution in [0.3, 0.4) is 0 Å². The third-order valence-corrected chi connectivity index (χ3v) is 3.09. The molecule has 0 radical (unpaired) electrons. The molecule has 2 aromatic carbocycles. The Morgan fingerprint density at radius 1 is 0.857 bits per heavy atom. The Bertz CT molecular complexity index is 484. The summed E-state index contributed by atoms with van der Waals surface area (Å²) >= 11 is 0. The number of hydrogen-bond acceptors (Lipinski definition) is 3. The first-order valence-electron chi connectivity index (χ1n) is 7.32. The van der Waals surface area contributed by atoms with Crippen molar-refractivity contribution in [1.29, 1.82) is 0 Å². The van der Waals surface area contributed by atoms with Gasteiger partial charge in [-0.3, -0.25) is 0 Å². The van der Waals surface area contributed by atoms with Gasteiger partial charge in [-0.2, -0.15) is 0 Å². The summed E-state index contributed by atoms with van der Waals surface area (Å²) in [7, 11) is 0. The van der Waals surface area contributed by atoms with Crippen LogP contribution in [0.2, 0.25) is 0 Å². The van der Waals surface area contributed by atoms with E-state index in [4.69, 9.17) is 9.47 Å². The number of hydrogen-bond donors (Lipinski definition) is 1. The van der Waals surface area contributed by atoms with E-state index in [0.29, 0.717) is 13.2 Å². The van der Waals surface area contributed by atoms with E-state index in [1.54, 1.807) is 0 Å². The molecule has 0 saturated carbocycles. The van der Waals surface area contributed by atoms with Gasteiger partial charge in [-0.05, 0) is 30.5 Å². The van der Waals surface area contributed by atoms with Crippen molar-refractivity contribution in [2.75, 3.05) is 19.8 Å². The Labute approximate surface area is 126 Å². The summed E-state index contributed by atoms with van der Waals surface area (Å²) in [4.78, 5) is 0. The van der Waals surface area contributed by atoms with Crippen LogP contribution in [0.15, 0.2) is 60.7 Å². The lowest BCUT2D eigenvalue weighted by molar-refractivity contribution is 0.0115. The van der Waals surface area contributed by atoms with Crippen LogP contribution in [0, 0.1) is 0 Å². The SMILES string of the molecule is OC(COCCCc1ccccc1)COc1ccccc1. The Kier molecular flexibility index (Phi) is 6.78. The van der Waals surface area contributed by atoms with Gasteiger partial charge >= 0.3 is 0 Å². The predicted molar refractivity (Wildman–Crippen MR) is 83.5 cm³/mol. The molecule has 3 heteroatoms. The van der Waals surface area contributed by atoms with Gasteiger partial charge in [0, 0.05) is 6.61 Å². The fraction of sp³-hybridized carbons (Fsp3) is 0.333. The number of aryl methyl sites for hydroxylation is 1. The van der Waals surface area contributed by atoms with Gasteiger partial charge in [-0.15, -0.1) is 0 Å². The van der Waals surface area contributed by atoms with E-state index >= 15 is 0 Å². The van der Waals surface area contributed by atoms with Crippen molar-refractivity contribution < 1.29 is 14.6 Å². The molecule has 21 heavy (non-hydrogen) atoms. The van der Waals surface area contributed by atoms with E-state index in [1.165, 1.54) is 5.56 Å². The second kappa shape index (κ2) is 9.16. The van der Waals surface area contributed by atoms with Crippen molar-refractivity contribution in [2.24, 2.45) is 0 Å². The second-order valence-electron chi connectivity index (χ2n) is 4.94. The van der Waals surface area contributed by atoms with Crippen LogP contribution < -0.4 is 4.74 Å². The van der Waals surface area contributed by atoms with Crippen molar-refractivity contribution in [2.45, 2.75) is 18.9 Å². The molecule has 0 amide bonds. The number of benzene rings is 2. The molecule has 0 heterocycles. The average Bonchev–Trinajstić information content (AvgIpc) is 2.54. The van der Waals surface area contributed by atoms with Gasteiger partial charge in [0.1, 0.15) is 18.5 Å². The molecular formula is C18H22O3. The predicted octanol–water partition coefficient (Wildman–Crippen LogP) is 3.08. The van der Waals surface area contributed by atoms with Crippen LogP contribution in [0.5, 0.6) is 5.75 Å². The highest BCUT2D eigenvalue weighted by molar-refractivity contribution is 5.20. The molecule has 3 nitrogen and oxygen atoms in total. The maximum absolute atomic E-state index is 9.78. The average molecular weight is 286 g/mol. The van der Waals surface area contributed by atoms with Gasteiger partial charge in [0.2, 0.25) is 0 Å². The molecule has 0 aliphatic heterocycles. The highest BCUT2D eigenvalue weighted by Crippen LogP contribution is 2.08. The largest absolute Gasteiger partial charge is 0.491 e. The van der Waals surface area contributed by atoms with Crippen LogP contribution in [0.25, 0.3) is 0 Å². The van der Waals surface area contributed by atoms with E-state index in [9.17, 15) is 5.11 Å². The molecule has 2 aromatic rings. The summed E-state index contributed by atoms with van der Waals surface area (Å²) < 4.78 is 10.9. The van der Waals surface area contributed by atoms with E-state index < -0.39 is 6.10 Å². The first kappa shape index (κ1) is 15.5. The summed E-state index contributed by atoms with van der Waals surface area (Å²) in [5.74, 6) is 0.764. The standard InChI is InChI=1S/C18H22O3/c19-17(15-21-18-11-5-2-6-12-18)14-20-13-7-10-16-8-3-1-4-9-16/h1-6,8-9,11-12,17,19H,7,10,13-15H2. The first-order valence-corrected chi connectivity index (χ1v) is 7.32. The summed E-state index contributed by atoms with van der Waals surface area (Å²) in [6, 6.07) is 19.8. The van der Waals surface area contributed by atoms with Gasteiger partial charge < -0.3 is 14.6 Å². The zero-order valence-corrected chi connectivity index (χ0v) is 12.2. The number of rotatable bonds is 9. The first-order chi connectivity index (χ1) is 10.3. The van der Waals surface area contributed by atoms with Crippen LogP contribution in [0.4, 0.5) is 0 Å². The van der Waals surface area contributed by atoms with Crippen molar-refractivity contribution in [3.63, 3.8) is 0 Å². The van der Waals surface area contributed by atoms with Crippen molar-refractivity contribution in [3.8, 4) is 5.75 Å². The number of aliphatic hydroxyl groups is 1. The zero-order valence-electron chi connectivity index (χ0n) is 12.2. The van der Waals surface area contributed by atoms with Gasteiger partial charge in [-0.1, -0.05) is 48.5 Å². The smallest absolute Gasteiger partial charge is 0.119 e. The molecule has 2 rings (SSSR count). The summed E-state index contributed by atoms with van der Waals surface area (Å²) in [5.41, 5.74) is 1.31. The minimum absolute atomic E-state index is 0.253. The minimum atomic E-state index is -0.595. The quantitative estimate of drug-likeness (QED) is 0.720. The monoisotopic (exact) mass is 286 g/mol. The van der Waals surface area contributed by atoms with Crippen LogP contribution in [0.1, 0.15) is 12.0 Å². The molecule has 0 bridgehead atoms. The molecule has 0 spiro atoms. The Balaban J connectivity index is 1.52. The number of aliphatic hydroxyl groups excluding tert-OH is 1. The molecule has 1 N–H and O–H groups in total. The molecule has 112 valence electrons. The van der Waals surface area contributed by atoms with E-state index in [1.807, 2.05) is 48.5 Å². The molecule has 1 unspecified atom stereocenters. The highest BCUT2D eigenvalue weighted by atomic mass is 16.5. The van der Waals surface area contributed by atoms with Crippen LogP contribution >= 0.6 is 0 Å². The molecule has 0 aliphatic carbocycles. The molecule has 0 aromatic heterocycles. The fourth-order valence-corrected chi connectivity index (χ4v) is 2.00. The summed E-state index contributed by atoms with van der Waals surface area (Å²) in [5, 5.41) is 9.78. The van der Waals surface area contributed by atoms with Crippen molar-refractivity contribution >= 4 is 0 Å². The third-order valence-electron chi connectivity index (χ3n) is 3.09. The lowest BCUT2D eigenvalue weighted by atomic mass is 10.1. The second-order valence-corrected chi connectivity index (χ2v) is 4.94. The van der Waals surface area contributed by atoms with Gasteiger partial charge in [0.05, 0.1) is 6.61 Å².